The Hall–Kier alpha value is -3.28. The highest BCUT2D eigenvalue weighted by atomic mass is 16.5. The normalized spacial score (nSPS) is 10.4. The van der Waals surface area contributed by atoms with Crippen LogP contribution in [0.4, 0.5) is 4.79 Å². The molecule has 3 rings (SSSR count). The Bertz CT molecular complexity index is 862. The van der Waals surface area contributed by atoms with Crippen molar-refractivity contribution in [3.05, 3.63) is 83.7 Å². The lowest BCUT2D eigenvalue weighted by Gasteiger charge is -2.12. The zero-order chi connectivity index (χ0) is 18.9. The van der Waals surface area contributed by atoms with Crippen LogP contribution in [-0.2, 0) is 19.5 Å². The summed E-state index contributed by atoms with van der Waals surface area (Å²) < 4.78 is 7.20. The second-order valence-corrected chi connectivity index (χ2v) is 6.14. The molecule has 2 N–H and O–H groups in total. The maximum absolute atomic E-state index is 12.1. The molecule has 2 amide bonds. The number of carbonyl (C=O) groups excluding carboxylic acids is 1. The lowest BCUT2D eigenvalue weighted by atomic mass is 10.1. The van der Waals surface area contributed by atoms with E-state index in [9.17, 15) is 4.79 Å². The fraction of sp³-hybridized carbons (Fsp3) is 0.238. The molecule has 0 unspecified atom stereocenters. The number of para-hydroxylation sites is 1. The van der Waals surface area contributed by atoms with Crippen molar-refractivity contribution in [2.24, 2.45) is 0 Å². The molecule has 1 heterocycles. The van der Waals surface area contributed by atoms with Crippen LogP contribution in [-0.4, -0.2) is 29.5 Å². The van der Waals surface area contributed by atoms with Crippen LogP contribution in [0.1, 0.15) is 16.7 Å². The Morgan fingerprint density at radius 3 is 2.48 bits per heavy atom. The van der Waals surface area contributed by atoms with Crippen LogP contribution in [0.15, 0.2) is 67.0 Å². The summed E-state index contributed by atoms with van der Waals surface area (Å²) in [5, 5.41) is 10.1. The van der Waals surface area contributed by atoms with E-state index in [2.05, 4.69) is 21.8 Å². The number of aromatic nitrogens is 2. The van der Waals surface area contributed by atoms with Gasteiger partial charge >= 0.3 is 6.03 Å². The number of nitrogens with zero attached hydrogens (tertiary/aromatic N) is 2. The minimum Gasteiger partial charge on any atom is -0.496 e. The van der Waals surface area contributed by atoms with Gasteiger partial charge in [-0.05, 0) is 35.2 Å². The van der Waals surface area contributed by atoms with E-state index in [1.54, 1.807) is 13.3 Å². The molecule has 0 spiro atoms. The maximum Gasteiger partial charge on any atom is 0.315 e. The lowest BCUT2D eigenvalue weighted by Crippen LogP contribution is -2.36. The van der Waals surface area contributed by atoms with Crippen LogP contribution >= 0.6 is 0 Å². The first-order chi connectivity index (χ1) is 13.3. The summed E-state index contributed by atoms with van der Waals surface area (Å²) in [4.78, 5) is 12.1. The largest absolute Gasteiger partial charge is 0.496 e. The first-order valence-corrected chi connectivity index (χ1v) is 8.94. The predicted molar refractivity (Wildman–Crippen MR) is 105 cm³/mol. The van der Waals surface area contributed by atoms with Crippen LogP contribution in [0.5, 0.6) is 5.75 Å². The number of urea groups is 1. The highest BCUT2D eigenvalue weighted by Crippen LogP contribution is 2.17. The third kappa shape index (κ3) is 5.34. The van der Waals surface area contributed by atoms with E-state index in [-0.39, 0.29) is 6.03 Å². The third-order valence-electron chi connectivity index (χ3n) is 4.32. The number of amides is 2. The number of methoxy groups -OCH3 is 1. The molecule has 3 aromatic rings. The Morgan fingerprint density at radius 1 is 1.00 bits per heavy atom. The molecule has 0 saturated heterocycles. The number of hydrogen-bond donors (Lipinski definition) is 2. The van der Waals surface area contributed by atoms with Crippen molar-refractivity contribution in [3.63, 3.8) is 0 Å². The van der Waals surface area contributed by atoms with Crippen molar-refractivity contribution in [2.45, 2.75) is 19.5 Å². The van der Waals surface area contributed by atoms with Gasteiger partial charge in [0.2, 0.25) is 0 Å². The van der Waals surface area contributed by atoms with E-state index in [1.807, 2.05) is 59.4 Å². The molecule has 0 radical (unpaired) electrons. The van der Waals surface area contributed by atoms with E-state index < -0.39 is 0 Å². The molecule has 140 valence electrons. The van der Waals surface area contributed by atoms with Crippen LogP contribution in [0.3, 0.4) is 0 Å². The van der Waals surface area contributed by atoms with Gasteiger partial charge in [-0.1, -0.05) is 42.5 Å². The molecule has 0 aliphatic rings. The Balaban J connectivity index is 1.48. The number of hydrogen-bond acceptors (Lipinski definition) is 3. The van der Waals surface area contributed by atoms with Crippen molar-refractivity contribution in [2.75, 3.05) is 13.7 Å². The van der Waals surface area contributed by atoms with Crippen LogP contribution in [0, 0.1) is 0 Å². The highest BCUT2D eigenvalue weighted by Gasteiger charge is 2.06. The van der Waals surface area contributed by atoms with Gasteiger partial charge in [0.05, 0.1) is 13.7 Å². The minimum atomic E-state index is -0.182. The fourth-order valence-electron chi connectivity index (χ4n) is 2.91. The van der Waals surface area contributed by atoms with Crippen LogP contribution in [0.2, 0.25) is 0 Å². The summed E-state index contributed by atoms with van der Waals surface area (Å²) in [5.74, 6) is 0.840. The zero-order valence-corrected chi connectivity index (χ0v) is 15.4. The van der Waals surface area contributed by atoms with Gasteiger partial charge in [-0.25, -0.2) is 4.79 Å². The van der Waals surface area contributed by atoms with Gasteiger partial charge in [0, 0.05) is 25.5 Å². The van der Waals surface area contributed by atoms with Gasteiger partial charge in [-0.3, -0.25) is 4.68 Å². The number of rotatable bonds is 8. The van der Waals surface area contributed by atoms with E-state index in [1.165, 1.54) is 0 Å². The fourth-order valence-corrected chi connectivity index (χ4v) is 2.91. The van der Waals surface area contributed by atoms with Crippen molar-refractivity contribution in [1.29, 1.82) is 0 Å². The molecular formula is C21H24N4O2. The summed E-state index contributed by atoms with van der Waals surface area (Å²) in [6, 6.07) is 17.6. The standard InChI is InChI=1S/C21H24N4O2/c1-27-20-10-5-4-7-17(20)11-13-22-21(26)23-15-18-8-2-3-9-19(18)16-25-14-6-12-24-25/h2-10,12,14H,11,13,15-16H2,1H3,(H2,22,23,26). The first-order valence-electron chi connectivity index (χ1n) is 8.94. The van der Waals surface area contributed by atoms with E-state index >= 15 is 0 Å². The molecular weight excluding hydrogens is 340 g/mol. The number of ether oxygens (including phenoxy) is 1. The molecule has 6 nitrogen and oxygen atoms in total. The smallest absolute Gasteiger partial charge is 0.315 e. The van der Waals surface area contributed by atoms with Gasteiger partial charge in [-0.2, -0.15) is 5.10 Å². The molecule has 1 aromatic heterocycles. The Kier molecular flexibility index (Phi) is 6.46. The van der Waals surface area contributed by atoms with Gasteiger partial charge in [0.1, 0.15) is 5.75 Å². The number of benzene rings is 2. The lowest BCUT2D eigenvalue weighted by molar-refractivity contribution is 0.240. The molecule has 0 bridgehead atoms. The molecule has 0 atom stereocenters. The minimum absolute atomic E-state index is 0.182. The topological polar surface area (TPSA) is 68.2 Å². The van der Waals surface area contributed by atoms with E-state index in [0.717, 1.165) is 22.4 Å². The molecule has 0 saturated carbocycles. The summed E-state index contributed by atoms with van der Waals surface area (Å²) in [6.45, 7) is 1.69. The van der Waals surface area contributed by atoms with Gasteiger partial charge in [0.15, 0.2) is 0 Å². The number of nitrogens with one attached hydrogen (secondary N) is 2. The summed E-state index contributed by atoms with van der Waals surface area (Å²) in [7, 11) is 1.65. The molecule has 0 fully saturated rings. The van der Waals surface area contributed by atoms with E-state index in [0.29, 0.717) is 26.1 Å². The van der Waals surface area contributed by atoms with E-state index in [4.69, 9.17) is 4.74 Å². The first kappa shape index (κ1) is 18.5. The van der Waals surface area contributed by atoms with Crippen molar-refractivity contribution in [1.82, 2.24) is 20.4 Å². The van der Waals surface area contributed by atoms with Crippen LogP contribution in [0.25, 0.3) is 0 Å². The molecule has 27 heavy (non-hydrogen) atoms. The molecule has 6 heteroatoms. The second-order valence-electron chi connectivity index (χ2n) is 6.14. The third-order valence-corrected chi connectivity index (χ3v) is 4.32. The average Bonchev–Trinajstić information content (AvgIpc) is 3.21. The molecule has 0 aliphatic carbocycles. The average molecular weight is 364 g/mol. The van der Waals surface area contributed by atoms with Gasteiger partial charge < -0.3 is 15.4 Å². The second kappa shape index (κ2) is 9.43. The number of carbonyl (C=O) groups is 1. The van der Waals surface area contributed by atoms with Crippen molar-refractivity contribution in [3.8, 4) is 5.75 Å². The van der Waals surface area contributed by atoms with Gasteiger partial charge in [-0.15, -0.1) is 0 Å². The molecule has 2 aromatic carbocycles. The highest BCUT2D eigenvalue weighted by molar-refractivity contribution is 5.73. The summed E-state index contributed by atoms with van der Waals surface area (Å²) >= 11 is 0. The Labute approximate surface area is 159 Å². The summed E-state index contributed by atoms with van der Waals surface area (Å²) in [5.41, 5.74) is 3.29. The Morgan fingerprint density at radius 2 is 1.74 bits per heavy atom. The monoisotopic (exact) mass is 364 g/mol. The SMILES string of the molecule is COc1ccccc1CCNC(=O)NCc1ccccc1Cn1cccn1. The quantitative estimate of drug-likeness (QED) is 0.646. The van der Waals surface area contributed by atoms with Crippen molar-refractivity contribution >= 4 is 6.03 Å². The predicted octanol–water partition coefficient (Wildman–Crippen LogP) is 2.98. The zero-order valence-electron chi connectivity index (χ0n) is 15.4. The van der Waals surface area contributed by atoms with Crippen molar-refractivity contribution < 1.29 is 9.53 Å². The van der Waals surface area contributed by atoms with Gasteiger partial charge in [0.25, 0.3) is 0 Å². The maximum atomic E-state index is 12.1. The summed E-state index contributed by atoms with van der Waals surface area (Å²) in [6.07, 6.45) is 4.40. The molecule has 0 aliphatic heterocycles. The van der Waals surface area contributed by atoms with Crippen LogP contribution < -0.4 is 15.4 Å².